The molecule has 1 saturated heterocycles. The number of benzene rings is 1. The average Bonchev–Trinajstić information content (AvgIpc) is 3.00. The van der Waals surface area contributed by atoms with Crippen LogP contribution in [-0.4, -0.2) is 44.7 Å². The number of nitrogens with zero attached hydrogens (tertiary/aromatic N) is 4. The summed E-state index contributed by atoms with van der Waals surface area (Å²) in [5.41, 5.74) is -0.409. The SMILES string of the molecule is CC1(C)C(=O)N(c2ccc(OC(F)(F)F)cc2)C(=O)N1Cc1ccncc1NC(=O)Nc1ccccn1. The third kappa shape index (κ3) is 5.60. The van der Waals surface area contributed by atoms with Crippen molar-refractivity contribution >= 4 is 35.2 Å². The first kappa shape index (κ1) is 25.4. The van der Waals surface area contributed by atoms with Gasteiger partial charge in [0, 0.05) is 12.4 Å². The number of imide groups is 1. The fraction of sp³-hybridized carbons (Fsp3) is 0.208. The Kier molecular flexibility index (Phi) is 6.70. The number of aromatic nitrogens is 2. The van der Waals surface area contributed by atoms with Crippen molar-refractivity contribution in [2.24, 2.45) is 0 Å². The second kappa shape index (κ2) is 9.76. The molecule has 2 aromatic heterocycles. The number of hydrogen-bond acceptors (Lipinski definition) is 6. The molecule has 3 heterocycles. The summed E-state index contributed by atoms with van der Waals surface area (Å²) in [6.07, 6.45) is -0.472. The first-order valence-electron chi connectivity index (χ1n) is 10.9. The lowest BCUT2D eigenvalue weighted by Crippen LogP contribution is -2.43. The maximum absolute atomic E-state index is 13.3. The Morgan fingerprint density at radius 3 is 2.41 bits per heavy atom. The zero-order valence-electron chi connectivity index (χ0n) is 19.6. The minimum atomic E-state index is -4.87. The minimum absolute atomic E-state index is 0.0644. The van der Waals surface area contributed by atoms with Gasteiger partial charge in [0.2, 0.25) is 0 Å². The number of halogens is 3. The molecule has 0 bridgehead atoms. The van der Waals surface area contributed by atoms with Gasteiger partial charge in [-0.1, -0.05) is 6.07 Å². The Hall–Kier alpha value is -4.68. The van der Waals surface area contributed by atoms with Crippen molar-refractivity contribution in [2.75, 3.05) is 15.5 Å². The number of carbonyl (C=O) groups excluding carboxylic acids is 3. The Bertz CT molecular complexity index is 1320. The van der Waals surface area contributed by atoms with Gasteiger partial charge in [-0.2, -0.15) is 0 Å². The predicted octanol–water partition coefficient (Wildman–Crippen LogP) is 4.77. The molecule has 0 atom stereocenters. The Morgan fingerprint density at radius 2 is 1.76 bits per heavy atom. The summed E-state index contributed by atoms with van der Waals surface area (Å²) in [5, 5.41) is 5.24. The number of anilines is 3. The summed E-state index contributed by atoms with van der Waals surface area (Å²) in [7, 11) is 0. The third-order valence-corrected chi connectivity index (χ3v) is 5.55. The second-order valence-electron chi connectivity index (χ2n) is 8.44. The number of rotatable bonds is 6. The number of alkyl halides is 3. The molecule has 0 spiro atoms. The zero-order chi connectivity index (χ0) is 26.8. The van der Waals surface area contributed by atoms with E-state index in [2.05, 4.69) is 25.3 Å². The molecular formula is C24H21F3N6O4. The molecule has 3 aromatic rings. The highest BCUT2D eigenvalue weighted by Gasteiger charge is 2.52. The molecule has 4 rings (SSSR count). The van der Waals surface area contributed by atoms with Crippen LogP contribution in [0.1, 0.15) is 19.4 Å². The third-order valence-electron chi connectivity index (χ3n) is 5.55. The van der Waals surface area contributed by atoms with E-state index in [0.717, 1.165) is 17.0 Å². The van der Waals surface area contributed by atoms with Gasteiger partial charge < -0.3 is 15.0 Å². The van der Waals surface area contributed by atoms with Crippen LogP contribution in [0.15, 0.2) is 67.1 Å². The normalized spacial score (nSPS) is 15.1. The summed E-state index contributed by atoms with van der Waals surface area (Å²) >= 11 is 0. The van der Waals surface area contributed by atoms with E-state index in [1.54, 1.807) is 38.1 Å². The molecule has 1 aliphatic heterocycles. The van der Waals surface area contributed by atoms with E-state index in [0.29, 0.717) is 17.1 Å². The number of urea groups is 2. The smallest absolute Gasteiger partial charge is 0.406 e. The molecule has 192 valence electrons. The highest BCUT2D eigenvalue weighted by Crippen LogP contribution is 2.35. The van der Waals surface area contributed by atoms with Crippen LogP contribution in [0.25, 0.3) is 0 Å². The van der Waals surface area contributed by atoms with Crippen molar-refractivity contribution in [3.8, 4) is 5.75 Å². The van der Waals surface area contributed by atoms with Crippen LogP contribution in [0.3, 0.4) is 0 Å². The molecule has 13 heteroatoms. The van der Waals surface area contributed by atoms with Gasteiger partial charge in [-0.05, 0) is 61.9 Å². The molecule has 0 unspecified atom stereocenters. The van der Waals surface area contributed by atoms with Gasteiger partial charge in [0.25, 0.3) is 5.91 Å². The number of hydrogen-bond donors (Lipinski definition) is 2. The van der Waals surface area contributed by atoms with Gasteiger partial charge in [0.05, 0.1) is 24.1 Å². The molecule has 37 heavy (non-hydrogen) atoms. The first-order valence-corrected chi connectivity index (χ1v) is 10.9. The summed E-state index contributed by atoms with van der Waals surface area (Å²) in [6.45, 7) is 3.04. The van der Waals surface area contributed by atoms with Crippen LogP contribution < -0.4 is 20.3 Å². The molecule has 0 aliphatic carbocycles. The van der Waals surface area contributed by atoms with Gasteiger partial charge >= 0.3 is 18.4 Å². The molecule has 1 fully saturated rings. The molecular weight excluding hydrogens is 493 g/mol. The van der Waals surface area contributed by atoms with Gasteiger partial charge in [0.1, 0.15) is 17.1 Å². The van der Waals surface area contributed by atoms with Crippen molar-refractivity contribution in [3.05, 3.63) is 72.7 Å². The first-order chi connectivity index (χ1) is 17.5. The lowest BCUT2D eigenvalue weighted by molar-refractivity contribution is -0.274. The number of carbonyl (C=O) groups is 3. The van der Waals surface area contributed by atoms with Crippen LogP contribution in [0.2, 0.25) is 0 Å². The van der Waals surface area contributed by atoms with Crippen molar-refractivity contribution in [1.29, 1.82) is 0 Å². The largest absolute Gasteiger partial charge is 0.573 e. The minimum Gasteiger partial charge on any atom is -0.406 e. The average molecular weight is 514 g/mol. The maximum atomic E-state index is 13.3. The van der Waals surface area contributed by atoms with Gasteiger partial charge in [0.15, 0.2) is 0 Å². The number of ether oxygens (including phenoxy) is 1. The molecule has 5 amide bonds. The molecule has 0 saturated carbocycles. The number of pyridine rings is 2. The standard InChI is InChI=1S/C24H21F3N6O4/c1-23(2)20(34)33(16-6-8-17(9-7-16)37-24(25,26)27)22(36)32(23)14-15-10-12-28-13-18(15)30-21(35)31-19-5-3-4-11-29-19/h3-13H,14H2,1-2H3,(H2,29,30,31,35). The predicted molar refractivity (Wildman–Crippen MR) is 127 cm³/mol. The quantitative estimate of drug-likeness (QED) is 0.458. The summed E-state index contributed by atoms with van der Waals surface area (Å²) in [6, 6.07) is 9.77. The van der Waals surface area contributed by atoms with Gasteiger partial charge in [-0.3, -0.25) is 15.1 Å². The molecule has 0 radical (unpaired) electrons. The van der Waals surface area contributed by atoms with E-state index in [1.165, 1.54) is 35.6 Å². The van der Waals surface area contributed by atoms with Crippen LogP contribution in [-0.2, 0) is 11.3 Å². The maximum Gasteiger partial charge on any atom is 0.573 e. The molecule has 1 aromatic carbocycles. The lowest BCUT2D eigenvalue weighted by atomic mass is 10.0. The monoisotopic (exact) mass is 514 g/mol. The fourth-order valence-corrected chi connectivity index (χ4v) is 3.68. The Balaban J connectivity index is 1.53. The van der Waals surface area contributed by atoms with Crippen molar-refractivity contribution in [1.82, 2.24) is 14.9 Å². The number of amides is 5. The van der Waals surface area contributed by atoms with E-state index in [9.17, 15) is 27.6 Å². The molecule has 1 aliphatic rings. The summed E-state index contributed by atoms with van der Waals surface area (Å²) < 4.78 is 41.2. The van der Waals surface area contributed by atoms with E-state index < -0.39 is 35.6 Å². The van der Waals surface area contributed by atoms with E-state index >= 15 is 0 Å². The van der Waals surface area contributed by atoms with Gasteiger partial charge in [-0.25, -0.2) is 19.5 Å². The van der Waals surface area contributed by atoms with Gasteiger partial charge in [-0.15, -0.1) is 13.2 Å². The Labute approximate surface area is 209 Å². The van der Waals surface area contributed by atoms with Crippen LogP contribution in [0.5, 0.6) is 5.75 Å². The van der Waals surface area contributed by atoms with Crippen LogP contribution in [0, 0.1) is 0 Å². The van der Waals surface area contributed by atoms with E-state index in [4.69, 9.17) is 0 Å². The second-order valence-corrected chi connectivity index (χ2v) is 8.44. The van der Waals surface area contributed by atoms with E-state index in [-0.39, 0.29) is 12.2 Å². The lowest BCUT2D eigenvalue weighted by Gasteiger charge is -2.28. The summed E-state index contributed by atoms with van der Waals surface area (Å²) in [5.74, 6) is -0.726. The number of nitrogens with one attached hydrogen (secondary N) is 2. The van der Waals surface area contributed by atoms with Crippen molar-refractivity contribution in [3.63, 3.8) is 0 Å². The highest BCUT2D eigenvalue weighted by molar-refractivity contribution is 6.23. The van der Waals surface area contributed by atoms with Crippen LogP contribution >= 0.6 is 0 Å². The van der Waals surface area contributed by atoms with Crippen molar-refractivity contribution < 1.29 is 32.3 Å². The summed E-state index contributed by atoms with van der Waals surface area (Å²) in [4.78, 5) is 49.2. The van der Waals surface area contributed by atoms with Crippen molar-refractivity contribution in [2.45, 2.75) is 32.3 Å². The zero-order valence-corrected chi connectivity index (χ0v) is 19.6. The van der Waals surface area contributed by atoms with Crippen LogP contribution in [0.4, 0.5) is 40.0 Å². The van der Waals surface area contributed by atoms with E-state index in [1.807, 2.05) is 0 Å². The Morgan fingerprint density at radius 1 is 1.03 bits per heavy atom. The molecule has 2 N–H and O–H groups in total. The highest BCUT2D eigenvalue weighted by atomic mass is 19.4. The fourth-order valence-electron chi connectivity index (χ4n) is 3.68. The molecule has 10 nitrogen and oxygen atoms in total. The topological polar surface area (TPSA) is 117 Å².